The third-order valence-electron chi connectivity index (χ3n) is 4.42. The number of hydrogen-bond acceptors (Lipinski definition) is 2. The van der Waals surface area contributed by atoms with Crippen LogP contribution in [0.4, 0.5) is 5.69 Å². The summed E-state index contributed by atoms with van der Waals surface area (Å²) in [4.78, 5) is 0. The minimum Gasteiger partial charge on any atom is -0.493 e. The third-order valence-corrected chi connectivity index (χ3v) is 4.42. The molecule has 1 aromatic carbocycles. The highest BCUT2D eigenvalue weighted by Gasteiger charge is 2.18. The van der Waals surface area contributed by atoms with Gasteiger partial charge in [-0.15, -0.1) is 0 Å². The van der Waals surface area contributed by atoms with Gasteiger partial charge in [-0.1, -0.05) is 19.8 Å². The lowest BCUT2D eigenvalue weighted by Crippen LogP contribution is -2.20. The average Bonchev–Trinajstić information content (AvgIpc) is 2.85. The Labute approximate surface area is 110 Å². The molecule has 2 nitrogen and oxygen atoms in total. The van der Waals surface area contributed by atoms with Crippen molar-refractivity contribution in [1.82, 2.24) is 0 Å². The van der Waals surface area contributed by atoms with Gasteiger partial charge >= 0.3 is 0 Å². The third kappa shape index (κ3) is 2.63. The standard InChI is InChI=1S/C16H23NO/c1-12-2-4-13(5-3-12)11-17-15-6-7-16-14(10-15)8-9-18-16/h6-7,10,12-13,17H,2-5,8-9,11H2,1H3. The second kappa shape index (κ2) is 5.21. The largest absolute Gasteiger partial charge is 0.493 e. The van der Waals surface area contributed by atoms with Gasteiger partial charge < -0.3 is 10.1 Å². The zero-order valence-corrected chi connectivity index (χ0v) is 11.2. The molecule has 2 heteroatoms. The highest BCUT2D eigenvalue weighted by molar-refractivity contribution is 5.52. The first-order chi connectivity index (χ1) is 8.81. The van der Waals surface area contributed by atoms with Crippen LogP contribution in [0.3, 0.4) is 0 Å². The van der Waals surface area contributed by atoms with Crippen molar-refractivity contribution >= 4 is 5.69 Å². The van der Waals surface area contributed by atoms with E-state index in [4.69, 9.17) is 4.74 Å². The zero-order valence-electron chi connectivity index (χ0n) is 11.2. The summed E-state index contributed by atoms with van der Waals surface area (Å²) >= 11 is 0. The molecule has 3 rings (SSSR count). The predicted octanol–water partition coefficient (Wildman–Crippen LogP) is 3.86. The smallest absolute Gasteiger partial charge is 0.122 e. The molecule has 1 aromatic rings. The summed E-state index contributed by atoms with van der Waals surface area (Å²) in [5.74, 6) is 2.89. The first-order valence-corrected chi connectivity index (χ1v) is 7.31. The van der Waals surface area contributed by atoms with Gasteiger partial charge in [-0.3, -0.25) is 0 Å². The van der Waals surface area contributed by atoms with E-state index in [1.165, 1.54) is 36.9 Å². The first kappa shape index (κ1) is 11.9. The molecule has 1 aliphatic heterocycles. The lowest BCUT2D eigenvalue weighted by atomic mass is 9.83. The molecule has 0 spiro atoms. The van der Waals surface area contributed by atoms with Crippen molar-refractivity contribution in [3.63, 3.8) is 0 Å². The van der Waals surface area contributed by atoms with Crippen LogP contribution >= 0.6 is 0 Å². The van der Waals surface area contributed by atoms with Crippen LogP contribution in [0.1, 0.15) is 38.2 Å². The molecule has 1 fully saturated rings. The van der Waals surface area contributed by atoms with Crippen LogP contribution in [0, 0.1) is 11.8 Å². The monoisotopic (exact) mass is 245 g/mol. The van der Waals surface area contributed by atoms with Gasteiger partial charge in [0.05, 0.1) is 6.61 Å². The van der Waals surface area contributed by atoms with Gasteiger partial charge in [0.15, 0.2) is 0 Å². The fourth-order valence-corrected chi connectivity index (χ4v) is 3.09. The molecule has 0 saturated heterocycles. The van der Waals surface area contributed by atoms with Crippen LogP contribution in [0.25, 0.3) is 0 Å². The molecular weight excluding hydrogens is 222 g/mol. The van der Waals surface area contributed by atoms with E-state index < -0.39 is 0 Å². The van der Waals surface area contributed by atoms with Crippen molar-refractivity contribution in [2.24, 2.45) is 11.8 Å². The summed E-state index contributed by atoms with van der Waals surface area (Å²) in [5, 5.41) is 3.60. The van der Waals surface area contributed by atoms with Gasteiger partial charge in [-0.05, 0) is 48.4 Å². The maximum Gasteiger partial charge on any atom is 0.122 e. The number of rotatable bonds is 3. The van der Waals surface area contributed by atoms with Gasteiger partial charge in [-0.2, -0.15) is 0 Å². The highest BCUT2D eigenvalue weighted by Crippen LogP contribution is 2.30. The average molecular weight is 245 g/mol. The molecule has 0 amide bonds. The number of ether oxygens (including phenoxy) is 1. The minimum atomic E-state index is 0.847. The Kier molecular flexibility index (Phi) is 3.44. The van der Waals surface area contributed by atoms with E-state index in [0.717, 1.165) is 37.2 Å². The fourth-order valence-electron chi connectivity index (χ4n) is 3.09. The Hall–Kier alpha value is -1.18. The molecule has 18 heavy (non-hydrogen) atoms. The summed E-state index contributed by atoms with van der Waals surface area (Å²) in [5.41, 5.74) is 2.62. The Morgan fingerprint density at radius 2 is 2.06 bits per heavy atom. The summed E-state index contributed by atoms with van der Waals surface area (Å²) in [7, 11) is 0. The van der Waals surface area contributed by atoms with Gasteiger partial charge in [0.2, 0.25) is 0 Å². The lowest BCUT2D eigenvalue weighted by Gasteiger charge is -2.26. The summed E-state index contributed by atoms with van der Waals surface area (Å²) < 4.78 is 5.53. The molecule has 0 radical (unpaired) electrons. The van der Waals surface area contributed by atoms with Gasteiger partial charge in [0.1, 0.15) is 5.75 Å². The van der Waals surface area contributed by atoms with E-state index in [0.29, 0.717) is 0 Å². The van der Waals surface area contributed by atoms with Crippen LogP contribution in [0.5, 0.6) is 5.75 Å². The van der Waals surface area contributed by atoms with Crippen molar-refractivity contribution in [2.75, 3.05) is 18.5 Å². The van der Waals surface area contributed by atoms with E-state index >= 15 is 0 Å². The SMILES string of the molecule is CC1CCC(CNc2ccc3c(c2)CCO3)CC1. The van der Waals surface area contributed by atoms with E-state index in [1.807, 2.05) is 0 Å². The maximum atomic E-state index is 5.53. The topological polar surface area (TPSA) is 21.3 Å². The van der Waals surface area contributed by atoms with Gasteiger partial charge in [0, 0.05) is 18.7 Å². The van der Waals surface area contributed by atoms with Crippen LogP contribution in [0.2, 0.25) is 0 Å². The Morgan fingerprint density at radius 3 is 2.89 bits per heavy atom. The van der Waals surface area contributed by atoms with Gasteiger partial charge in [-0.25, -0.2) is 0 Å². The van der Waals surface area contributed by atoms with E-state index in [1.54, 1.807) is 0 Å². The molecule has 1 saturated carbocycles. The number of benzene rings is 1. The van der Waals surface area contributed by atoms with Crippen molar-refractivity contribution in [1.29, 1.82) is 0 Å². The predicted molar refractivity (Wildman–Crippen MR) is 75.3 cm³/mol. The van der Waals surface area contributed by atoms with Crippen molar-refractivity contribution in [3.05, 3.63) is 23.8 Å². The molecule has 0 aromatic heterocycles. The Morgan fingerprint density at radius 1 is 1.22 bits per heavy atom. The number of nitrogens with one attached hydrogen (secondary N) is 1. The summed E-state index contributed by atoms with van der Waals surface area (Å²) in [6.07, 6.45) is 6.66. The van der Waals surface area contributed by atoms with Crippen molar-refractivity contribution < 1.29 is 4.74 Å². The second-order valence-electron chi connectivity index (χ2n) is 5.93. The lowest BCUT2D eigenvalue weighted by molar-refractivity contribution is 0.300. The second-order valence-corrected chi connectivity index (χ2v) is 5.93. The minimum absolute atomic E-state index is 0.847. The van der Waals surface area contributed by atoms with E-state index in [-0.39, 0.29) is 0 Å². The van der Waals surface area contributed by atoms with E-state index in [2.05, 4.69) is 30.4 Å². The van der Waals surface area contributed by atoms with Gasteiger partial charge in [0.25, 0.3) is 0 Å². The molecule has 1 N–H and O–H groups in total. The number of anilines is 1. The van der Waals surface area contributed by atoms with Crippen LogP contribution in [-0.4, -0.2) is 13.2 Å². The molecule has 0 unspecified atom stereocenters. The van der Waals surface area contributed by atoms with Crippen LogP contribution < -0.4 is 10.1 Å². The fraction of sp³-hybridized carbons (Fsp3) is 0.625. The number of hydrogen-bond donors (Lipinski definition) is 1. The summed E-state index contributed by atoms with van der Waals surface area (Å²) in [6.45, 7) is 4.36. The zero-order chi connectivity index (χ0) is 12.4. The molecule has 0 atom stereocenters. The maximum absolute atomic E-state index is 5.53. The molecule has 98 valence electrons. The Bertz CT molecular complexity index is 408. The molecule has 1 heterocycles. The molecule has 2 aliphatic rings. The van der Waals surface area contributed by atoms with E-state index in [9.17, 15) is 0 Å². The van der Waals surface area contributed by atoms with Crippen LogP contribution in [0.15, 0.2) is 18.2 Å². The molecule has 0 bridgehead atoms. The normalized spacial score (nSPS) is 26.5. The summed E-state index contributed by atoms with van der Waals surface area (Å²) in [6, 6.07) is 6.51. The quantitative estimate of drug-likeness (QED) is 0.873. The van der Waals surface area contributed by atoms with Crippen molar-refractivity contribution in [3.8, 4) is 5.75 Å². The molecule has 1 aliphatic carbocycles. The highest BCUT2D eigenvalue weighted by atomic mass is 16.5. The van der Waals surface area contributed by atoms with Crippen molar-refractivity contribution in [2.45, 2.75) is 39.0 Å². The van der Waals surface area contributed by atoms with Crippen LogP contribution in [-0.2, 0) is 6.42 Å². The first-order valence-electron chi connectivity index (χ1n) is 7.31. The molecular formula is C16H23NO. The number of fused-ring (bicyclic) bond motifs is 1. The Balaban J connectivity index is 1.54.